The monoisotopic (exact) mass is 344 g/mol. The molecule has 1 saturated heterocycles. The lowest BCUT2D eigenvalue weighted by Crippen LogP contribution is -2.43. The summed E-state index contributed by atoms with van der Waals surface area (Å²) in [6, 6.07) is 6.62. The van der Waals surface area contributed by atoms with E-state index in [0.29, 0.717) is 30.0 Å². The molecule has 1 N–H and O–H groups in total. The topological polar surface area (TPSA) is 97.6 Å². The number of aromatic nitrogens is 2. The highest BCUT2D eigenvalue weighted by Gasteiger charge is 2.51. The van der Waals surface area contributed by atoms with Gasteiger partial charge in [0, 0.05) is 6.42 Å². The highest BCUT2D eigenvalue weighted by atomic mass is 16.5. The third-order valence-corrected chi connectivity index (χ3v) is 4.41. The lowest BCUT2D eigenvalue weighted by atomic mass is 9.87. The highest BCUT2D eigenvalue weighted by molar-refractivity contribution is 6.07. The van der Waals surface area contributed by atoms with Gasteiger partial charge in [0.2, 0.25) is 5.89 Å². The number of hydrogen-bond acceptors (Lipinski definition) is 6. The Morgan fingerprint density at radius 1 is 1.24 bits per heavy atom. The van der Waals surface area contributed by atoms with Crippen LogP contribution in [0.3, 0.4) is 0 Å². The fourth-order valence-corrected chi connectivity index (χ4v) is 2.92. The molecule has 1 aliphatic heterocycles. The fraction of sp³-hybridized carbons (Fsp3) is 0.412. The van der Waals surface area contributed by atoms with Gasteiger partial charge in [-0.15, -0.1) is 0 Å². The Balaban J connectivity index is 1.88. The number of imide groups is 1. The molecule has 0 radical (unpaired) electrons. The van der Waals surface area contributed by atoms with Crippen LogP contribution in [-0.4, -0.2) is 34.1 Å². The summed E-state index contributed by atoms with van der Waals surface area (Å²) in [5.74, 6) is 1.13. The van der Waals surface area contributed by atoms with E-state index in [1.807, 2.05) is 13.8 Å². The Bertz CT molecular complexity index is 786. The van der Waals surface area contributed by atoms with Crippen molar-refractivity contribution >= 4 is 11.9 Å². The first-order valence-electron chi connectivity index (χ1n) is 8.14. The summed E-state index contributed by atoms with van der Waals surface area (Å²) < 4.78 is 10.2. The SMILES string of the molecule is CCc1noc(CN2C(=O)NC(CC)(c3ccc(OC)cc3)C2=O)n1. The first kappa shape index (κ1) is 16.9. The number of nitrogens with one attached hydrogen (secondary N) is 1. The predicted molar refractivity (Wildman–Crippen MR) is 87.7 cm³/mol. The molecular weight excluding hydrogens is 324 g/mol. The minimum atomic E-state index is -1.10. The molecule has 1 unspecified atom stereocenters. The van der Waals surface area contributed by atoms with Crippen LogP contribution < -0.4 is 10.1 Å². The van der Waals surface area contributed by atoms with E-state index in [9.17, 15) is 9.59 Å². The molecule has 0 aliphatic carbocycles. The molecule has 2 aromatic rings. The average molecular weight is 344 g/mol. The van der Waals surface area contributed by atoms with Gasteiger partial charge in [-0.25, -0.2) is 4.79 Å². The van der Waals surface area contributed by atoms with Gasteiger partial charge < -0.3 is 14.6 Å². The summed E-state index contributed by atoms with van der Waals surface area (Å²) in [6.07, 6.45) is 1.04. The zero-order chi connectivity index (χ0) is 18.0. The van der Waals surface area contributed by atoms with Gasteiger partial charge in [0.25, 0.3) is 5.91 Å². The van der Waals surface area contributed by atoms with Crippen LogP contribution in [0.5, 0.6) is 5.75 Å². The minimum absolute atomic E-state index is 0.0461. The smallest absolute Gasteiger partial charge is 0.325 e. The largest absolute Gasteiger partial charge is 0.497 e. The first-order chi connectivity index (χ1) is 12.0. The van der Waals surface area contributed by atoms with Crippen molar-refractivity contribution < 1.29 is 18.8 Å². The maximum absolute atomic E-state index is 13.0. The number of carbonyl (C=O) groups is 2. The van der Waals surface area contributed by atoms with E-state index in [1.165, 1.54) is 0 Å². The number of urea groups is 1. The van der Waals surface area contributed by atoms with E-state index >= 15 is 0 Å². The summed E-state index contributed by atoms with van der Waals surface area (Å²) in [4.78, 5) is 30.7. The first-order valence-corrected chi connectivity index (χ1v) is 8.14. The van der Waals surface area contributed by atoms with E-state index in [4.69, 9.17) is 9.26 Å². The van der Waals surface area contributed by atoms with Crippen LogP contribution in [0.25, 0.3) is 0 Å². The van der Waals surface area contributed by atoms with Crippen molar-refractivity contribution in [3.8, 4) is 5.75 Å². The predicted octanol–water partition coefficient (Wildman–Crippen LogP) is 2.00. The van der Waals surface area contributed by atoms with Gasteiger partial charge in [-0.2, -0.15) is 4.98 Å². The van der Waals surface area contributed by atoms with Crippen molar-refractivity contribution in [3.05, 3.63) is 41.5 Å². The maximum atomic E-state index is 13.0. The van der Waals surface area contributed by atoms with Gasteiger partial charge >= 0.3 is 6.03 Å². The van der Waals surface area contributed by atoms with E-state index < -0.39 is 11.6 Å². The Morgan fingerprint density at radius 2 is 1.96 bits per heavy atom. The molecule has 8 heteroatoms. The highest BCUT2D eigenvalue weighted by Crippen LogP contribution is 2.33. The van der Waals surface area contributed by atoms with Gasteiger partial charge in [-0.1, -0.05) is 31.1 Å². The molecule has 0 bridgehead atoms. The van der Waals surface area contributed by atoms with Crippen LogP contribution in [0.4, 0.5) is 4.79 Å². The molecule has 3 amide bonds. The van der Waals surface area contributed by atoms with Gasteiger partial charge in [0.15, 0.2) is 5.82 Å². The lowest BCUT2D eigenvalue weighted by molar-refractivity contribution is -0.132. The number of carbonyl (C=O) groups excluding carboxylic acids is 2. The number of benzene rings is 1. The van der Waals surface area contributed by atoms with Gasteiger partial charge in [-0.05, 0) is 24.1 Å². The molecule has 1 aromatic carbocycles. The fourth-order valence-electron chi connectivity index (χ4n) is 2.92. The summed E-state index contributed by atoms with van der Waals surface area (Å²) in [6.45, 7) is 3.71. The summed E-state index contributed by atoms with van der Waals surface area (Å²) in [7, 11) is 1.57. The van der Waals surface area contributed by atoms with Crippen LogP contribution in [0.2, 0.25) is 0 Å². The third kappa shape index (κ3) is 2.84. The van der Waals surface area contributed by atoms with Crippen LogP contribution in [0.15, 0.2) is 28.8 Å². The molecular formula is C17H20N4O4. The Labute approximate surface area is 145 Å². The summed E-state index contributed by atoms with van der Waals surface area (Å²) in [5, 5.41) is 6.61. The van der Waals surface area contributed by atoms with E-state index in [2.05, 4.69) is 15.5 Å². The molecule has 25 heavy (non-hydrogen) atoms. The quantitative estimate of drug-likeness (QED) is 0.805. The number of methoxy groups -OCH3 is 1. The van der Waals surface area contributed by atoms with Crippen molar-refractivity contribution in [2.75, 3.05) is 7.11 Å². The molecule has 0 spiro atoms. The summed E-state index contributed by atoms with van der Waals surface area (Å²) >= 11 is 0. The molecule has 1 aromatic heterocycles. The lowest BCUT2D eigenvalue weighted by Gasteiger charge is -2.25. The van der Waals surface area contributed by atoms with Crippen LogP contribution in [-0.2, 0) is 23.3 Å². The van der Waals surface area contributed by atoms with Crippen LogP contribution >= 0.6 is 0 Å². The van der Waals surface area contributed by atoms with Crippen molar-refractivity contribution in [1.82, 2.24) is 20.4 Å². The van der Waals surface area contributed by atoms with Crippen molar-refractivity contribution in [1.29, 1.82) is 0 Å². The molecule has 0 saturated carbocycles. The zero-order valence-corrected chi connectivity index (χ0v) is 14.4. The molecule has 1 aliphatic rings. The molecule has 2 heterocycles. The number of amides is 3. The third-order valence-electron chi connectivity index (χ3n) is 4.41. The molecule has 1 atom stereocenters. The second-order valence-corrected chi connectivity index (χ2v) is 5.77. The Hall–Kier alpha value is -2.90. The molecule has 132 valence electrons. The minimum Gasteiger partial charge on any atom is -0.497 e. The van der Waals surface area contributed by atoms with Crippen LogP contribution in [0, 0.1) is 0 Å². The van der Waals surface area contributed by atoms with Gasteiger partial charge in [0.1, 0.15) is 17.8 Å². The Kier molecular flexibility index (Phi) is 4.43. The second-order valence-electron chi connectivity index (χ2n) is 5.77. The normalized spacial score (nSPS) is 20.0. The van der Waals surface area contributed by atoms with Crippen molar-refractivity contribution in [3.63, 3.8) is 0 Å². The average Bonchev–Trinajstić information content (AvgIpc) is 3.20. The van der Waals surface area contributed by atoms with Crippen molar-refractivity contribution in [2.45, 2.75) is 38.8 Å². The van der Waals surface area contributed by atoms with E-state index in [0.717, 1.165) is 4.90 Å². The van der Waals surface area contributed by atoms with E-state index in [-0.39, 0.29) is 18.3 Å². The number of hydrogen-bond donors (Lipinski definition) is 1. The molecule has 8 nitrogen and oxygen atoms in total. The van der Waals surface area contributed by atoms with Gasteiger partial charge in [0.05, 0.1) is 7.11 Å². The number of rotatable bonds is 6. The standard InChI is InChI=1S/C17H20N4O4/c1-4-13-18-14(25-20-13)10-21-15(22)17(5-2,19-16(21)23)11-6-8-12(24-3)9-7-11/h6-9H,4-5,10H2,1-3H3,(H,19,23). The maximum Gasteiger partial charge on any atom is 0.325 e. The number of ether oxygens (including phenoxy) is 1. The molecule has 1 fully saturated rings. The molecule has 3 rings (SSSR count). The second kappa shape index (κ2) is 6.54. The van der Waals surface area contributed by atoms with Crippen LogP contribution in [0.1, 0.15) is 37.5 Å². The summed E-state index contributed by atoms with van der Waals surface area (Å²) in [5.41, 5.74) is -0.395. The van der Waals surface area contributed by atoms with Crippen molar-refractivity contribution in [2.24, 2.45) is 0 Å². The van der Waals surface area contributed by atoms with E-state index in [1.54, 1.807) is 31.4 Å². The number of aryl methyl sites for hydroxylation is 1. The Morgan fingerprint density at radius 3 is 2.52 bits per heavy atom. The number of nitrogens with zero attached hydrogens (tertiary/aromatic N) is 3. The zero-order valence-electron chi connectivity index (χ0n) is 14.4. The van der Waals surface area contributed by atoms with Gasteiger partial charge in [-0.3, -0.25) is 9.69 Å².